The van der Waals surface area contributed by atoms with E-state index >= 15 is 0 Å². The molecule has 0 spiro atoms. The van der Waals surface area contributed by atoms with Gasteiger partial charge in [-0.25, -0.2) is 4.99 Å². The minimum absolute atomic E-state index is 0.309. The maximum Gasteiger partial charge on any atom is 0.203 e. The number of methoxy groups -OCH3 is 3. The van der Waals surface area contributed by atoms with Crippen molar-refractivity contribution in [2.75, 3.05) is 27.9 Å². The Labute approximate surface area is 192 Å². The van der Waals surface area contributed by atoms with E-state index in [1.165, 1.54) is 5.56 Å². The lowest BCUT2D eigenvalue weighted by Crippen LogP contribution is -2.55. The summed E-state index contributed by atoms with van der Waals surface area (Å²) in [6, 6.07) is 14.4. The number of aromatic amines is 1. The van der Waals surface area contributed by atoms with Gasteiger partial charge >= 0.3 is 0 Å². The molecule has 5 rings (SSSR count). The molecule has 1 unspecified atom stereocenters. The number of nitrogens with zero attached hydrogens (tertiary/aromatic N) is 3. The number of ether oxygens (including phenoxy) is 3. The van der Waals surface area contributed by atoms with Crippen LogP contribution in [0.25, 0.3) is 5.82 Å². The molecule has 33 heavy (non-hydrogen) atoms. The van der Waals surface area contributed by atoms with Crippen LogP contribution in [-0.4, -0.2) is 49.3 Å². The number of H-pyrrole nitrogens is 1. The van der Waals surface area contributed by atoms with Crippen molar-refractivity contribution in [1.29, 1.82) is 0 Å². The lowest BCUT2D eigenvalue weighted by Gasteiger charge is -2.34. The Balaban J connectivity index is 1.38. The summed E-state index contributed by atoms with van der Waals surface area (Å²) in [6.45, 7) is 2.28. The largest absolute Gasteiger partial charge is 0.493 e. The number of hydrogen-bond donors (Lipinski definition) is 3. The first-order valence-corrected chi connectivity index (χ1v) is 10.9. The van der Waals surface area contributed by atoms with E-state index in [0.717, 1.165) is 47.3 Å². The summed E-state index contributed by atoms with van der Waals surface area (Å²) in [4.78, 5) is 7.16. The average molecular weight is 449 g/mol. The van der Waals surface area contributed by atoms with Gasteiger partial charge < -0.3 is 24.4 Å². The quantitative estimate of drug-likeness (QED) is 0.470. The van der Waals surface area contributed by atoms with Crippen LogP contribution in [0.3, 0.4) is 0 Å². The molecule has 3 heterocycles. The third-order valence-corrected chi connectivity index (χ3v) is 5.97. The van der Waals surface area contributed by atoms with Crippen LogP contribution < -0.4 is 35.6 Å². The van der Waals surface area contributed by atoms with E-state index in [1.54, 1.807) is 21.3 Å². The van der Waals surface area contributed by atoms with Gasteiger partial charge in [-0.2, -0.15) is 5.10 Å². The van der Waals surface area contributed by atoms with Crippen LogP contribution in [0.1, 0.15) is 16.8 Å². The average Bonchev–Trinajstić information content (AvgIpc) is 3.28. The van der Waals surface area contributed by atoms with E-state index in [-0.39, 0.29) is 6.29 Å². The highest BCUT2D eigenvalue weighted by molar-refractivity contribution is 5.54. The van der Waals surface area contributed by atoms with Gasteiger partial charge in [-0.05, 0) is 23.3 Å². The molecule has 0 fully saturated rings. The molecule has 1 aromatic heterocycles. The van der Waals surface area contributed by atoms with Gasteiger partial charge in [0, 0.05) is 26.1 Å². The number of rotatable bonds is 8. The summed E-state index contributed by atoms with van der Waals surface area (Å²) >= 11 is 0. The fourth-order valence-electron chi connectivity index (χ4n) is 4.37. The highest BCUT2D eigenvalue weighted by atomic mass is 16.5. The number of aromatic nitrogens is 2. The predicted molar refractivity (Wildman–Crippen MR) is 123 cm³/mol. The van der Waals surface area contributed by atoms with Crippen LogP contribution in [0, 0.1) is 0 Å². The van der Waals surface area contributed by atoms with Crippen molar-refractivity contribution >= 4 is 5.82 Å². The highest BCUT2D eigenvalue weighted by Crippen LogP contribution is 2.38. The Kier molecular flexibility index (Phi) is 5.78. The minimum Gasteiger partial charge on any atom is -0.493 e. The Morgan fingerprint density at radius 3 is 2.48 bits per heavy atom. The van der Waals surface area contributed by atoms with Crippen LogP contribution >= 0.6 is 0 Å². The summed E-state index contributed by atoms with van der Waals surface area (Å²) in [6.07, 6.45) is 0.583. The first-order valence-electron chi connectivity index (χ1n) is 10.9. The molecule has 0 aliphatic carbocycles. The van der Waals surface area contributed by atoms with Gasteiger partial charge in [0.25, 0.3) is 0 Å². The minimum atomic E-state index is -0.309. The zero-order chi connectivity index (χ0) is 22.8. The van der Waals surface area contributed by atoms with Crippen molar-refractivity contribution < 1.29 is 14.2 Å². The molecule has 0 saturated heterocycles. The standard InChI is InChI=1S/C24H28N6O3/c1-31-18-11-16(12-19(32-2)21(18)33-3)13-25-24-26-22-20-17(28-29-22)9-10-30(23(20)27-24)14-15-7-5-4-6-8-15/h4-8,11-12,24-25,27H,9-10,13-14H2,1-3H3,(H,26,29). The van der Waals surface area contributed by atoms with E-state index in [0.29, 0.717) is 23.8 Å². The van der Waals surface area contributed by atoms with Gasteiger partial charge in [-0.1, -0.05) is 30.3 Å². The zero-order valence-corrected chi connectivity index (χ0v) is 19.0. The summed E-state index contributed by atoms with van der Waals surface area (Å²) < 4.78 is 16.4. The second-order valence-corrected chi connectivity index (χ2v) is 7.99. The maximum absolute atomic E-state index is 5.48. The molecule has 0 bridgehead atoms. The molecule has 1 atom stereocenters. The fourth-order valence-corrected chi connectivity index (χ4v) is 4.37. The van der Waals surface area contributed by atoms with Crippen LogP contribution in [0.4, 0.5) is 0 Å². The molecule has 3 N–H and O–H groups in total. The predicted octanol–water partition coefficient (Wildman–Crippen LogP) is 0.856. The van der Waals surface area contributed by atoms with Crippen molar-refractivity contribution in [2.24, 2.45) is 4.99 Å². The molecule has 9 nitrogen and oxygen atoms in total. The molecule has 0 amide bonds. The van der Waals surface area contributed by atoms with E-state index in [1.807, 2.05) is 18.2 Å². The zero-order valence-electron chi connectivity index (χ0n) is 19.0. The Hall–Kier alpha value is -3.72. The van der Waals surface area contributed by atoms with Crippen molar-refractivity contribution in [3.05, 3.63) is 70.0 Å². The van der Waals surface area contributed by atoms with E-state index in [4.69, 9.17) is 19.2 Å². The van der Waals surface area contributed by atoms with Gasteiger partial charge in [0.1, 0.15) is 5.82 Å². The summed E-state index contributed by atoms with van der Waals surface area (Å²) in [5.41, 5.74) is 4.12. The lowest BCUT2D eigenvalue weighted by molar-refractivity contribution is 0.322. The van der Waals surface area contributed by atoms with E-state index in [2.05, 4.69) is 50.0 Å². The van der Waals surface area contributed by atoms with Gasteiger partial charge in [-0.3, -0.25) is 10.4 Å². The third-order valence-electron chi connectivity index (χ3n) is 5.97. The fraction of sp³-hybridized carbons (Fsp3) is 0.333. The van der Waals surface area contributed by atoms with Crippen molar-refractivity contribution in [3.63, 3.8) is 0 Å². The van der Waals surface area contributed by atoms with Crippen molar-refractivity contribution in [2.45, 2.75) is 25.8 Å². The number of benzene rings is 2. The van der Waals surface area contributed by atoms with E-state index < -0.39 is 0 Å². The van der Waals surface area contributed by atoms with Gasteiger partial charge in [-0.15, -0.1) is 0 Å². The molecular formula is C24H28N6O3. The van der Waals surface area contributed by atoms with Crippen LogP contribution in [0.2, 0.25) is 0 Å². The van der Waals surface area contributed by atoms with Gasteiger partial charge in [0.15, 0.2) is 23.3 Å². The van der Waals surface area contributed by atoms with Gasteiger partial charge in [0.05, 0.1) is 32.2 Å². The van der Waals surface area contributed by atoms with Crippen LogP contribution in [-0.2, 0) is 19.5 Å². The Morgan fingerprint density at radius 2 is 1.79 bits per heavy atom. The van der Waals surface area contributed by atoms with Crippen molar-refractivity contribution in [3.8, 4) is 17.2 Å². The summed E-state index contributed by atoms with van der Waals surface area (Å²) in [5.74, 6) is 2.88. The molecule has 3 aromatic rings. The normalized spacial score (nSPS) is 16.5. The first kappa shape index (κ1) is 21.1. The summed E-state index contributed by atoms with van der Waals surface area (Å²) in [5, 5.41) is 15.7. The lowest BCUT2D eigenvalue weighted by atomic mass is 10.1. The first-order chi connectivity index (χ1) is 16.2. The topological polar surface area (TPSA) is 96.0 Å². The maximum atomic E-state index is 5.48. The molecule has 2 aliphatic rings. The van der Waals surface area contributed by atoms with Crippen molar-refractivity contribution in [1.82, 2.24) is 25.7 Å². The smallest absolute Gasteiger partial charge is 0.203 e. The molecule has 0 radical (unpaired) electrons. The Morgan fingerprint density at radius 1 is 1.03 bits per heavy atom. The molecule has 0 saturated carbocycles. The molecule has 172 valence electrons. The number of hydrogen-bond acceptors (Lipinski definition) is 8. The highest BCUT2D eigenvalue weighted by Gasteiger charge is 2.26. The van der Waals surface area contributed by atoms with Crippen LogP contribution in [0.5, 0.6) is 17.2 Å². The molecule has 2 aromatic carbocycles. The second kappa shape index (κ2) is 9.03. The summed E-state index contributed by atoms with van der Waals surface area (Å²) in [7, 11) is 4.83. The molecule has 9 heteroatoms. The number of nitrogens with one attached hydrogen (secondary N) is 3. The van der Waals surface area contributed by atoms with Gasteiger partial charge in [0.2, 0.25) is 5.75 Å². The van der Waals surface area contributed by atoms with Crippen LogP contribution in [0.15, 0.2) is 47.5 Å². The monoisotopic (exact) mass is 448 g/mol. The third kappa shape index (κ3) is 4.07. The molecular weight excluding hydrogens is 420 g/mol. The van der Waals surface area contributed by atoms with E-state index in [9.17, 15) is 0 Å². The second-order valence-electron chi connectivity index (χ2n) is 7.99. The SMILES string of the molecule is COc1cc(CNC2N=c3[nH]nc4c3=C(N2)N(Cc2ccccc2)CC4)cc(OC)c1OC. The molecule has 2 aliphatic heterocycles. The Bertz CT molecular complexity index is 1230.